The normalized spacial score (nSPS) is 17.0. The summed E-state index contributed by atoms with van der Waals surface area (Å²) in [4.78, 5) is 17.1. The predicted octanol–water partition coefficient (Wildman–Crippen LogP) is 3.09. The van der Waals surface area contributed by atoms with Crippen LogP contribution in [-0.4, -0.2) is 35.6 Å². The number of nitrogens with one attached hydrogen (secondary N) is 1. The molecule has 22 heavy (non-hydrogen) atoms. The van der Waals surface area contributed by atoms with Crippen molar-refractivity contribution in [3.8, 4) is 5.75 Å². The number of aromatic nitrogens is 1. The Morgan fingerprint density at radius 3 is 2.77 bits per heavy atom. The number of hydrogen-bond donors (Lipinski definition) is 1. The first-order chi connectivity index (χ1) is 10.7. The Kier molecular flexibility index (Phi) is 4.48. The number of piperidine rings is 1. The van der Waals surface area contributed by atoms with E-state index in [1.807, 2.05) is 25.1 Å². The summed E-state index contributed by atoms with van der Waals surface area (Å²) in [7, 11) is 0. The van der Waals surface area contributed by atoms with Crippen molar-refractivity contribution < 1.29 is 4.74 Å². The fourth-order valence-corrected chi connectivity index (χ4v) is 3.21. The highest BCUT2D eigenvalue weighted by atomic mass is 16.5. The zero-order chi connectivity index (χ0) is 15.5. The number of likely N-dealkylation sites (tertiary alicyclic amines) is 1. The molecule has 2 aromatic rings. The van der Waals surface area contributed by atoms with Gasteiger partial charge in [0.2, 0.25) is 0 Å². The van der Waals surface area contributed by atoms with Crippen molar-refractivity contribution in [2.45, 2.75) is 39.2 Å². The van der Waals surface area contributed by atoms with Crippen molar-refractivity contribution in [1.29, 1.82) is 0 Å². The van der Waals surface area contributed by atoms with E-state index in [1.54, 1.807) is 6.20 Å². The molecule has 1 aromatic carbocycles. The summed E-state index contributed by atoms with van der Waals surface area (Å²) in [5.41, 5.74) is 1.03. The van der Waals surface area contributed by atoms with Crippen molar-refractivity contribution in [2.75, 3.05) is 19.6 Å². The van der Waals surface area contributed by atoms with Gasteiger partial charge in [-0.25, -0.2) is 0 Å². The van der Waals surface area contributed by atoms with Gasteiger partial charge in [0, 0.05) is 24.7 Å². The summed E-state index contributed by atoms with van der Waals surface area (Å²) in [5, 5.41) is 1.70. The molecule has 118 valence electrons. The molecule has 4 heteroatoms. The molecule has 4 nitrogen and oxygen atoms in total. The van der Waals surface area contributed by atoms with Gasteiger partial charge >= 0.3 is 0 Å². The Bertz CT molecular complexity index is 700. The third kappa shape index (κ3) is 3.17. The summed E-state index contributed by atoms with van der Waals surface area (Å²) in [5.74, 6) is 0.871. The van der Waals surface area contributed by atoms with Gasteiger partial charge in [-0.05, 0) is 61.9 Å². The van der Waals surface area contributed by atoms with Crippen LogP contribution in [0.4, 0.5) is 0 Å². The zero-order valence-electron chi connectivity index (χ0n) is 13.4. The Hall–Kier alpha value is -1.81. The van der Waals surface area contributed by atoms with Crippen molar-refractivity contribution in [3.05, 3.63) is 40.3 Å². The second-order valence-corrected chi connectivity index (χ2v) is 6.17. The maximum atomic E-state index is 11.8. The van der Waals surface area contributed by atoms with Crippen LogP contribution >= 0.6 is 0 Å². The fraction of sp³-hybridized carbons (Fsp3) is 0.500. The lowest BCUT2D eigenvalue weighted by molar-refractivity contribution is 0.101. The molecule has 1 aliphatic rings. The molecule has 1 N–H and O–H groups in total. The second-order valence-electron chi connectivity index (χ2n) is 6.17. The molecule has 1 saturated heterocycles. The minimum absolute atomic E-state index is 0.0416. The number of H-pyrrole nitrogens is 1. The molecule has 0 bridgehead atoms. The van der Waals surface area contributed by atoms with Crippen LogP contribution in [0.5, 0.6) is 5.75 Å². The van der Waals surface area contributed by atoms with Crippen LogP contribution < -0.4 is 10.3 Å². The number of pyridine rings is 1. The molecule has 1 fully saturated rings. The monoisotopic (exact) mass is 300 g/mol. The van der Waals surface area contributed by atoms with Crippen LogP contribution in [0.2, 0.25) is 0 Å². The fourth-order valence-electron chi connectivity index (χ4n) is 3.21. The lowest BCUT2D eigenvalue weighted by Crippen LogP contribution is -2.38. The first kappa shape index (κ1) is 15.1. The van der Waals surface area contributed by atoms with Crippen LogP contribution in [-0.2, 0) is 0 Å². The van der Waals surface area contributed by atoms with Crippen molar-refractivity contribution in [2.24, 2.45) is 0 Å². The van der Waals surface area contributed by atoms with E-state index >= 15 is 0 Å². The van der Waals surface area contributed by atoms with Crippen LogP contribution in [0.1, 0.15) is 31.7 Å². The molecular formula is C18H24N2O2. The highest BCUT2D eigenvalue weighted by Crippen LogP contribution is 2.24. The standard InChI is InChI=1S/C18H24N2O2/c1-3-8-20-9-6-14(7-10-20)22-15-4-5-16-17(11-15)13(2)12-19-18(16)21/h4-5,11-12,14H,3,6-10H2,1-2H3,(H,19,21). The van der Waals surface area contributed by atoms with Gasteiger partial charge in [-0.2, -0.15) is 0 Å². The van der Waals surface area contributed by atoms with E-state index in [0.29, 0.717) is 0 Å². The summed E-state index contributed by atoms with van der Waals surface area (Å²) in [6.07, 6.45) is 5.41. The lowest BCUT2D eigenvalue weighted by Gasteiger charge is -2.31. The van der Waals surface area contributed by atoms with E-state index in [2.05, 4.69) is 16.8 Å². The van der Waals surface area contributed by atoms with Gasteiger partial charge in [0.25, 0.3) is 5.56 Å². The third-order valence-electron chi connectivity index (χ3n) is 4.46. The summed E-state index contributed by atoms with van der Waals surface area (Å²) in [6.45, 7) is 7.65. The summed E-state index contributed by atoms with van der Waals surface area (Å²) < 4.78 is 6.15. The van der Waals surface area contributed by atoms with Gasteiger partial charge in [-0.1, -0.05) is 6.92 Å². The maximum absolute atomic E-state index is 11.8. The molecule has 0 aliphatic carbocycles. The topological polar surface area (TPSA) is 45.3 Å². The average molecular weight is 300 g/mol. The van der Waals surface area contributed by atoms with E-state index in [-0.39, 0.29) is 11.7 Å². The molecular weight excluding hydrogens is 276 g/mol. The van der Waals surface area contributed by atoms with E-state index in [1.165, 1.54) is 13.0 Å². The number of aryl methyl sites for hydroxylation is 1. The largest absolute Gasteiger partial charge is 0.490 e. The predicted molar refractivity (Wildman–Crippen MR) is 89.7 cm³/mol. The smallest absolute Gasteiger partial charge is 0.255 e. The minimum Gasteiger partial charge on any atom is -0.490 e. The molecule has 0 atom stereocenters. The number of ether oxygens (including phenoxy) is 1. The van der Waals surface area contributed by atoms with Crippen LogP contribution in [0.3, 0.4) is 0 Å². The molecule has 0 radical (unpaired) electrons. The van der Waals surface area contributed by atoms with Gasteiger partial charge in [0.15, 0.2) is 0 Å². The highest BCUT2D eigenvalue weighted by Gasteiger charge is 2.20. The minimum atomic E-state index is -0.0416. The van der Waals surface area contributed by atoms with Crippen LogP contribution in [0.25, 0.3) is 10.8 Å². The number of nitrogens with zero attached hydrogens (tertiary/aromatic N) is 1. The Labute approximate surface area is 131 Å². The highest BCUT2D eigenvalue weighted by molar-refractivity contribution is 5.85. The molecule has 0 spiro atoms. The molecule has 0 amide bonds. The average Bonchev–Trinajstić information content (AvgIpc) is 2.53. The van der Waals surface area contributed by atoms with Crippen LogP contribution in [0.15, 0.2) is 29.2 Å². The van der Waals surface area contributed by atoms with Crippen LogP contribution in [0, 0.1) is 6.92 Å². The Morgan fingerprint density at radius 2 is 2.05 bits per heavy atom. The third-order valence-corrected chi connectivity index (χ3v) is 4.46. The van der Waals surface area contributed by atoms with Gasteiger partial charge < -0.3 is 14.6 Å². The maximum Gasteiger partial charge on any atom is 0.255 e. The van der Waals surface area contributed by atoms with E-state index in [9.17, 15) is 4.79 Å². The number of hydrogen-bond acceptors (Lipinski definition) is 3. The van der Waals surface area contributed by atoms with Gasteiger partial charge in [0.05, 0.1) is 0 Å². The van der Waals surface area contributed by atoms with Crippen molar-refractivity contribution in [3.63, 3.8) is 0 Å². The zero-order valence-corrected chi connectivity index (χ0v) is 13.4. The Balaban J connectivity index is 1.73. The second kappa shape index (κ2) is 6.53. The van der Waals surface area contributed by atoms with Crippen molar-refractivity contribution in [1.82, 2.24) is 9.88 Å². The number of fused-ring (bicyclic) bond motifs is 1. The molecule has 1 aromatic heterocycles. The molecule has 3 rings (SSSR count). The molecule has 2 heterocycles. The SMILES string of the molecule is CCCN1CCC(Oc2ccc3c(=O)[nH]cc(C)c3c2)CC1. The van der Waals surface area contributed by atoms with E-state index in [4.69, 9.17) is 4.74 Å². The quantitative estimate of drug-likeness (QED) is 0.943. The summed E-state index contributed by atoms with van der Waals surface area (Å²) >= 11 is 0. The van der Waals surface area contributed by atoms with E-state index < -0.39 is 0 Å². The number of rotatable bonds is 4. The van der Waals surface area contributed by atoms with Gasteiger partial charge in [-0.15, -0.1) is 0 Å². The van der Waals surface area contributed by atoms with Gasteiger partial charge in [-0.3, -0.25) is 4.79 Å². The Morgan fingerprint density at radius 1 is 1.27 bits per heavy atom. The molecule has 0 saturated carbocycles. The van der Waals surface area contributed by atoms with E-state index in [0.717, 1.165) is 48.0 Å². The summed E-state index contributed by atoms with van der Waals surface area (Å²) in [6, 6.07) is 5.77. The number of benzene rings is 1. The first-order valence-corrected chi connectivity index (χ1v) is 8.18. The number of aromatic amines is 1. The van der Waals surface area contributed by atoms with Gasteiger partial charge in [0.1, 0.15) is 11.9 Å². The molecule has 1 aliphatic heterocycles. The first-order valence-electron chi connectivity index (χ1n) is 8.18. The van der Waals surface area contributed by atoms with Crippen molar-refractivity contribution >= 4 is 10.8 Å². The molecule has 0 unspecified atom stereocenters. The lowest BCUT2D eigenvalue weighted by atomic mass is 10.1.